The van der Waals surface area contributed by atoms with Crippen LogP contribution in [0.15, 0.2) is 109 Å². The molecule has 117 heavy (non-hydrogen) atoms. The Kier molecular flexibility index (Phi) is 28.5. The summed E-state index contributed by atoms with van der Waals surface area (Å²) in [6.07, 6.45) is 17.3. The molecule has 7 amide bonds. The van der Waals surface area contributed by atoms with Crippen LogP contribution < -0.4 is 50.1 Å². The average Bonchev–Trinajstić information content (AvgIpc) is 1.58. The molecule has 6 saturated carbocycles. The maximum absolute atomic E-state index is 14.6. The Hall–Kier alpha value is -8.81. The molecule has 7 N–H and O–H groups in total. The number of hydrogen-bond donors (Lipinski definition) is 6. The fourth-order valence-electron chi connectivity index (χ4n) is 17.2. The Bertz CT molecular complexity index is 4850. The van der Waals surface area contributed by atoms with E-state index >= 15 is 0 Å². The number of halogens is 3. The molecule has 28 nitrogen and oxygen atoms in total. The SMILES string of the molecule is COc1ccc2c(O[C@@H]3C[C@H]4C(=O)N[C@]5(C(=O)NS(=O)(=O)C6CC6)CC5CCCCCC[C@H](N)C(=O)N4C3)cc(-c3ccccc3)nc2c1.COc1ccc2c(O[C@@H]3C[C@H]4C(=O)N[C@]5(C(=O)NS(=O)(=O)C6CC6)CC5CCCCCC[C@H](NC(=O)OC5CCCC5)C(=O)N4C3)cc(-c3ccccc3)nc2c1.Cl.Cl.O=C(Cl)OC1CCCC1. The first kappa shape index (κ1) is 87.5. The van der Waals surface area contributed by atoms with Gasteiger partial charge in [-0.25, -0.2) is 36.4 Å². The first-order chi connectivity index (χ1) is 55.4. The molecule has 0 radical (unpaired) electrons. The Morgan fingerprint density at radius 2 is 0.897 bits per heavy atom. The molecular weight excluding hydrogens is 1610 g/mol. The fourth-order valence-corrected chi connectivity index (χ4v) is 20.0. The summed E-state index contributed by atoms with van der Waals surface area (Å²) in [6, 6.07) is 30.3. The predicted molar refractivity (Wildman–Crippen MR) is 443 cm³/mol. The van der Waals surface area contributed by atoms with E-state index in [0.29, 0.717) is 121 Å². The Morgan fingerprint density at radius 3 is 1.32 bits per heavy atom. The van der Waals surface area contributed by atoms with Crippen molar-refractivity contribution >= 4 is 125 Å². The highest BCUT2D eigenvalue weighted by Crippen LogP contribution is 2.50. The predicted octanol–water partition coefficient (Wildman–Crippen LogP) is 11.7. The van der Waals surface area contributed by atoms with Crippen molar-refractivity contribution in [3.8, 4) is 45.5 Å². The molecule has 632 valence electrons. The van der Waals surface area contributed by atoms with Gasteiger partial charge in [0.15, 0.2) is 0 Å². The lowest BCUT2D eigenvalue weighted by Gasteiger charge is -2.30. The molecular formula is C84H105Cl3N10O18S2. The van der Waals surface area contributed by atoms with E-state index in [0.717, 1.165) is 113 Å². The molecule has 10 aliphatic rings. The van der Waals surface area contributed by atoms with Gasteiger partial charge in [0.2, 0.25) is 43.7 Å². The van der Waals surface area contributed by atoms with Crippen molar-refractivity contribution in [2.45, 2.75) is 250 Å². The zero-order valence-electron chi connectivity index (χ0n) is 65.8. The molecule has 4 saturated heterocycles. The molecule has 4 aromatic carbocycles. The highest BCUT2D eigenvalue weighted by atomic mass is 35.5. The van der Waals surface area contributed by atoms with Crippen LogP contribution >= 0.6 is 36.4 Å². The zero-order chi connectivity index (χ0) is 80.8. The second-order valence-corrected chi connectivity index (χ2v) is 36.6. The van der Waals surface area contributed by atoms with E-state index in [4.69, 9.17) is 55.7 Å². The van der Waals surface area contributed by atoms with E-state index in [9.17, 15) is 55.2 Å². The van der Waals surface area contributed by atoms with Crippen molar-refractivity contribution < 1.29 is 83.6 Å². The quantitative estimate of drug-likeness (QED) is 0.0462. The first-order valence-corrected chi connectivity index (χ1v) is 44.2. The summed E-state index contributed by atoms with van der Waals surface area (Å²) < 4.78 is 90.5. The number of ether oxygens (including phenoxy) is 6. The number of nitrogens with zero attached hydrogens (tertiary/aromatic N) is 4. The van der Waals surface area contributed by atoms with Gasteiger partial charge >= 0.3 is 11.5 Å². The summed E-state index contributed by atoms with van der Waals surface area (Å²) >= 11 is 5.00. The van der Waals surface area contributed by atoms with Crippen molar-refractivity contribution in [1.29, 1.82) is 0 Å². The zero-order valence-corrected chi connectivity index (χ0v) is 69.8. The first-order valence-electron chi connectivity index (χ1n) is 40.8. The largest absolute Gasteiger partial charge is 0.497 e. The van der Waals surface area contributed by atoms with Crippen LogP contribution in [0.25, 0.3) is 44.3 Å². The van der Waals surface area contributed by atoms with Crippen molar-refractivity contribution in [2.24, 2.45) is 17.6 Å². The minimum Gasteiger partial charge on any atom is -0.497 e. The third kappa shape index (κ3) is 21.1. The summed E-state index contributed by atoms with van der Waals surface area (Å²) in [5, 5.41) is 9.00. The Labute approximate surface area is 699 Å². The third-order valence-corrected chi connectivity index (χ3v) is 27.9. The van der Waals surface area contributed by atoms with Crippen LogP contribution in [0.3, 0.4) is 0 Å². The molecule has 0 spiro atoms. The number of fused-ring (bicyclic) bond motifs is 6. The number of sulfonamides is 2. The number of aromatic nitrogens is 2. The van der Waals surface area contributed by atoms with Gasteiger partial charge in [0.1, 0.15) is 76.6 Å². The van der Waals surface area contributed by atoms with Gasteiger partial charge in [0, 0.05) is 70.6 Å². The van der Waals surface area contributed by atoms with Crippen molar-refractivity contribution in [3.63, 3.8) is 0 Å². The number of hydrogen-bond acceptors (Lipinski definition) is 21. The summed E-state index contributed by atoms with van der Waals surface area (Å²) in [7, 11) is -4.51. The highest BCUT2D eigenvalue weighted by molar-refractivity contribution is 7.91. The fraction of sp³-hybridized carbons (Fsp3) is 0.548. The standard InChI is InChI=1S/C42H51N5O9S.C36H43N5O7S.C6H9ClO2.2ClH/c1-54-29-17-20-32-35(21-29)43-34(26-11-5-4-6-12-26)23-37(32)55-30-22-36-38(48)45-42(40(50)46-57(52,53)31-18-19-31)24-27(42)13-7-2-3-8-16-33(39(49)47(36)25-30)44-41(51)56-28-14-9-10-15-28;1-47-24-13-16-27-30(17-24)38-29(22-9-5-4-6-10-22)19-32(27)48-25-18-31-33(42)39-36(35(44)40-49(45,46)26-14-15-26)20-23(36)11-7-2-3-8-12-28(37)34(43)41(31)21-25;7-6(8)9-5-3-1-2-4-5;;/h4-6,11-12,17,20-21,23,27-28,30-31,33,36H,2-3,7-10,13-16,18-19,22,24-25H2,1H3,(H,44,51)(H,45,48)(H,46,50);4-6,9-10,13,16-17,19,23,25-26,28,31H,2-3,7-8,11-12,14-15,18,20-21,37H2,1H3,(H,39,42)(H,40,44);5H,1-4H2;2*1H/t27?,30-,33+,36+,42-;23?,25-,28+,31+,36-;;;/m11.../s1. The molecule has 0 bridgehead atoms. The number of carbonyl (C=O) groups is 8. The summed E-state index contributed by atoms with van der Waals surface area (Å²) in [6.45, 7) is 0.135. The molecule has 16 rings (SSSR count). The number of benzene rings is 4. The van der Waals surface area contributed by atoms with Gasteiger partial charge in [-0.1, -0.05) is 112 Å². The van der Waals surface area contributed by atoms with Gasteiger partial charge in [-0.3, -0.25) is 38.2 Å². The summed E-state index contributed by atoms with van der Waals surface area (Å²) in [5.41, 5.74) is 7.41. The van der Waals surface area contributed by atoms with Crippen LogP contribution in [-0.4, -0.2) is 181 Å². The second kappa shape index (κ2) is 38.1. The summed E-state index contributed by atoms with van der Waals surface area (Å²) in [4.78, 5) is 121. The number of rotatable bonds is 17. The topological polar surface area (TPSA) is 379 Å². The maximum atomic E-state index is 14.6. The highest BCUT2D eigenvalue weighted by Gasteiger charge is 2.64. The number of pyridine rings is 2. The van der Waals surface area contributed by atoms with E-state index in [2.05, 4.69) is 25.4 Å². The molecule has 4 aliphatic heterocycles. The maximum Gasteiger partial charge on any atom is 0.408 e. The normalized spacial score (nSPS) is 26.4. The van der Waals surface area contributed by atoms with Crippen LogP contribution in [0, 0.1) is 11.8 Å². The van der Waals surface area contributed by atoms with Crippen molar-refractivity contribution in [1.82, 2.24) is 45.2 Å². The number of amides is 7. The Morgan fingerprint density at radius 1 is 0.496 bits per heavy atom. The van der Waals surface area contributed by atoms with Gasteiger partial charge in [-0.05, 0) is 152 Å². The molecule has 6 aliphatic carbocycles. The van der Waals surface area contributed by atoms with Crippen LogP contribution in [0.4, 0.5) is 9.59 Å². The van der Waals surface area contributed by atoms with Crippen LogP contribution in [-0.2, 0) is 58.3 Å². The number of nitrogens with one attached hydrogen (secondary N) is 5. The van der Waals surface area contributed by atoms with Crippen molar-refractivity contribution in [2.75, 3.05) is 27.3 Å². The lowest BCUT2D eigenvalue weighted by Crippen LogP contribution is -2.58. The van der Waals surface area contributed by atoms with Gasteiger partial charge in [0.25, 0.3) is 11.8 Å². The van der Waals surface area contributed by atoms with E-state index in [1.807, 2.05) is 109 Å². The van der Waals surface area contributed by atoms with Gasteiger partial charge in [0.05, 0.1) is 66.3 Å². The van der Waals surface area contributed by atoms with E-state index in [1.165, 1.54) is 9.80 Å². The van der Waals surface area contributed by atoms with Gasteiger partial charge in [-0.2, -0.15) is 0 Å². The number of alkyl carbamates (subject to hydrolysis) is 1. The van der Waals surface area contributed by atoms with Crippen LogP contribution in [0.5, 0.6) is 23.0 Å². The minimum atomic E-state index is -3.87. The van der Waals surface area contributed by atoms with Gasteiger partial charge in [-0.15, -0.1) is 24.8 Å². The lowest BCUT2D eigenvalue weighted by atomic mass is 10.0. The average molecular weight is 1710 g/mol. The lowest BCUT2D eigenvalue weighted by molar-refractivity contribution is -0.141. The van der Waals surface area contributed by atoms with Crippen LogP contribution in [0.1, 0.15) is 180 Å². The van der Waals surface area contributed by atoms with E-state index in [1.54, 1.807) is 14.2 Å². The third-order valence-electron chi connectivity index (χ3n) is 24.1. The van der Waals surface area contributed by atoms with Crippen molar-refractivity contribution in [3.05, 3.63) is 109 Å². The molecule has 2 aromatic heterocycles. The monoisotopic (exact) mass is 1710 g/mol. The molecule has 33 heteroatoms. The molecule has 10 fully saturated rings. The van der Waals surface area contributed by atoms with Gasteiger partial charge < -0.3 is 59.9 Å². The molecule has 10 atom stereocenters. The number of methoxy groups -OCH3 is 2. The minimum absolute atomic E-state index is 0. The van der Waals surface area contributed by atoms with E-state index < -0.39 is 119 Å². The number of carbonyl (C=O) groups excluding carboxylic acids is 8. The molecule has 2 unspecified atom stereocenters. The summed E-state index contributed by atoms with van der Waals surface area (Å²) in [5.74, 6) is -1.43. The second-order valence-electron chi connectivity index (χ2n) is 32.4. The van der Waals surface area contributed by atoms with E-state index in [-0.39, 0.29) is 80.7 Å². The molecule has 6 aromatic rings. The molecule has 6 heterocycles. The smallest absolute Gasteiger partial charge is 0.408 e. The number of nitrogens with two attached hydrogens (primary N) is 1. The van der Waals surface area contributed by atoms with Crippen LogP contribution in [0.2, 0.25) is 0 Å². The Balaban J connectivity index is 0.000000193.